The van der Waals surface area contributed by atoms with Crippen LogP contribution < -0.4 is 5.32 Å². The van der Waals surface area contributed by atoms with Crippen LogP contribution in [0.25, 0.3) is 0 Å². The van der Waals surface area contributed by atoms with Crippen LogP contribution in [0.4, 0.5) is 5.69 Å². The maximum atomic E-state index is 12.6. The number of benzene rings is 1. The van der Waals surface area contributed by atoms with E-state index in [9.17, 15) is 4.79 Å². The average Bonchev–Trinajstić information content (AvgIpc) is 2.46. The molecule has 2 rings (SSSR count). The van der Waals surface area contributed by atoms with Gasteiger partial charge in [0.2, 0.25) is 0 Å². The monoisotopic (exact) mass is 298 g/mol. The van der Waals surface area contributed by atoms with E-state index < -0.39 is 0 Å². The summed E-state index contributed by atoms with van der Waals surface area (Å²) in [6.07, 6.45) is 1.02. The first kappa shape index (κ1) is 14.5. The highest BCUT2D eigenvalue weighted by Gasteiger charge is 2.21. The first-order chi connectivity index (χ1) is 9.22. The number of hydrogen-bond acceptors (Lipinski definition) is 3. The molecule has 1 N–H and O–H groups in total. The number of nitrogens with zero attached hydrogens (tertiary/aromatic N) is 1. The molecule has 0 radical (unpaired) electrons. The van der Waals surface area contributed by atoms with Crippen molar-refractivity contribution < 1.29 is 4.79 Å². The molecule has 0 saturated carbocycles. The van der Waals surface area contributed by atoms with E-state index in [-0.39, 0.29) is 5.91 Å². The van der Waals surface area contributed by atoms with Gasteiger partial charge in [0.25, 0.3) is 5.91 Å². The molecule has 104 valence electrons. The molecule has 0 aliphatic carbocycles. The summed E-state index contributed by atoms with van der Waals surface area (Å²) in [7, 11) is 0. The second-order valence-electron chi connectivity index (χ2n) is 4.52. The molecule has 1 aromatic carbocycles. The van der Waals surface area contributed by atoms with Gasteiger partial charge in [0.1, 0.15) is 0 Å². The molecule has 1 fully saturated rings. The summed E-state index contributed by atoms with van der Waals surface area (Å²) in [5, 5.41) is 3.91. The van der Waals surface area contributed by atoms with Crippen molar-refractivity contribution in [3.63, 3.8) is 0 Å². The quantitative estimate of drug-likeness (QED) is 0.925. The Labute approximate surface area is 123 Å². The molecule has 1 heterocycles. The molecule has 1 aromatic rings. The summed E-state index contributed by atoms with van der Waals surface area (Å²) >= 11 is 7.93. The number of anilines is 1. The zero-order valence-corrected chi connectivity index (χ0v) is 12.7. The Bertz CT molecular complexity index is 447. The number of carbonyl (C=O) groups excluding carboxylic acids is 1. The molecule has 1 aliphatic rings. The van der Waals surface area contributed by atoms with Gasteiger partial charge >= 0.3 is 0 Å². The Morgan fingerprint density at radius 2 is 2.16 bits per heavy atom. The van der Waals surface area contributed by atoms with Crippen molar-refractivity contribution in [1.82, 2.24) is 4.90 Å². The maximum absolute atomic E-state index is 12.6. The smallest absolute Gasteiger partial charge is 0.256 e. The average molecular weight is 299 g/mol. The van der Waals surface area contributed by atoms with Crippen LogP contribution in [-0.4, -0.2) is 41.9 Å². The molecule has 5 heteroatoms. The van der Waals surface area contributed by atoms with Crippen molar-refractivity contribution in [3.8, 4) is 0 Å². The molecule has 1 aliphatic heterocycles. The Kier molecular flexibility index (Phi) is 5.40. The Balaban J connectivity index is 2.20. The zero-order chi connectivity index (χ0) is 13.7. The number of nitrogens with one attached hydrogen (secondary N) is 1. The van der Waals surface area contributed by atoms with Crippen LogP contribution in [0.3, 0.4) is 0 Å². The third kappa shape index (κ3) is 3.80. The normalized spacial score (nSPS) is 15.4. The third-order valence-corrected chi connectivity index (χ3v) is 4.25. The largest absolute Gasteiger partial charge is 0.384 e. The Morgan fingerprint density at radius 1 is 1.42 bits per heavy atom. The second-order valence-corrected chi connectivity index (χ2v) is 6.18. The van der Waals surface area contributed by atoms with E-state index in [4.69, 9.17) is 11.6 Å². The second kappa shape index (κ2) is 7.06. The number of rotatable bonds is 4. The first-order valence-corrected chi connectivity index (χ1v) is 8.16. The van der Waals surface area contributed by atoms with Crippen molar-refractivity contribution in [2.24, 2.45) is 0 Å². The van der Waals surface area contributed by atoms with Crippen LogP contribution >= 0.6 is 23.4 Å². The van der Waals surface area contributed by atoms with E-state index in [1.807, 2.05) is 28.8 Å². The van der Waals surface area contributed by atoms with E-state index in [1.54, 1.807) is 6.07 Å². The van der Waals surface area contributed by atoms with Gasteiger partial charge < -0.3 is 10.2 Å². The molecular weight excluding hydrogens is 280 g/mol. The van der Waals surface area contributed by atoms with Crippen LogP contribution in [0, 0.1) is 0 Å². The van der Waals surface area contributed by atoms with Crippen LogP contribution in [-0.2, 0) is 0 Å². The molecule has 1 amide bonds. The van der Waals surface area contributed by atoms with Gasteiger partial charge in [0, 0.05) is 41.8 Å². The fourth-order valence-electron chi connectivity index (χ4n) is 2.04. The van der Waals surface area contributed by atoms with Crippen molar-refractivity contribution >= 4 is 35.0 Å². The van der Waals surface area contributed by atoms with E-state index in [0.29, 0.717) is 10.6 Å². The third-order valence-electron chi connectivity index (χ3n) is 3.08. The first-order valence-electron chi connectivity index (χ1n) is 6.63. The van der Waals surface area contributed by atoms with E-state index in [2.05, 4.69) is 12.2 Å². The van der Waals surface area contributed by atoms with Gasteiger partial charge in [-0.15, -0.1) is 0 Å². The number of halogens is 1. The highest BCUT2D eigenvalue weighted by molar-refractivity contribution is 7.99. The van der Waals surface area contributed by atoms with Gasteiger partial charge in [0.15, 0.2) is 0 Å². The summed E-state index contributed by atoms with van der Waals surface area (Å²) in [5.41, 5.74) is 1.57. The highest BCUT2D eigenvalue weighted by Crippen LogP contribution is 2.23. The number of thioether (sulfide) groups is 1. The molecule has 0 aromatic heterocycles. The minimum atomic E-state index is 0.0846. The van der Waals surface area contributed by atoms with Crippen molar-refractivity contribution in [3.05, 3.63) is 28.8 Å². The van der Waals surface area contributed by atoms with Gasteiger partial charge in [-0.25, -0.2) is 0 Å². The highest BCUT2D eigenvalue weighted by atomic mass is 35.5. The maximum Gasteiger partial charge on any atom is 0.256 e. The van der Waals surface area contributed by atoms with E-state index in [1.165, 1.54) is 0 Å². The minimum Gasteiger partial charge on any atom is -0.384 e. The van der Waals surface area contributed by atoms with Crippen LogP contribution in [0.1, 0.15) is 23.7 Å². The zero-order valence-electron chi connectivity index (χ0n) is 11.1. The Hall–Kier alpha value is -0.870. The molecule has 19 heavy (non-hydrogen) atoms. The molecule has 0 unspecified atom stereocenters. The van der Waals surface area contributed by atoms with Gasteiger partial charge in [-0.05, 0) is 24.6 Å². The molecule has 0 bridgehead atoms. The molecule has 1 saturated heterocycles. The van der Waals surface area contributed by atoms with E-state index >= 15 is 0 Å². The summed E-state index contributed by atoms with van der Waals surface area (Å²) in [6, 6.07) is 5.48. The number of hydrogen-bond donors (Lipinski definition) is 1. The lowest BCUT2D eigenvalue weighted by Crippen LogP contribution is -2.38. The summed E-state index contributed by atoms with van der Waals surface area (Å²) in [6.45, 7) is 4.61. The Morgan fingerprint density at radius 3 is 2.84 bits per heavy atom. The molecular formula is C14H19ClN2OS. The predicted molar refractivity (Wildman–Crippen MR) is 83.5 cm³/mol. The topological polar surface area (TPSA) is 32.3 Å². The van der Waals surface area contributed by atoms with Crippen LogP contribution in [0.5, 0.6) is 0 Å². The minimum absolute atomic E-state index is 0.0846. The van der Waals surface area contributed by atoms with Crippen molar-refractivity contribution in [2.75, 3.05) is 36.5 Å². The van der Waals surface area contributed by atoms with Gasteiger partial charge in [0.05, 0.1) is 5.56 Å². The number of carbonyl (C=O) groups is 1. The molecule has 0 spiro atoms. The van der Waals surface area contributed by atoms with Crippen LogP contribution in [0.2, 0.25) is 5.02 Å². The lowest BCUT2D eigenvalue weighted by atomic mass is 10.1. The summed E-state index contributed by atoms with van der Waals surface area (Å²) < 4.78 is 0. The van der Waals surface area contributed by atoms with Gasteiger partial charge in [-0.2, -0.15) is 11.8 Å². The fraction of sp³-hybridized carbons (Fsp3) is 0.500. The lowest BCUT2D eigenvalue weighted by molar-refractivity contribution is 0.0773. The number of amides is 1. The van der Waals surface area contributed by atoms with Crippen LogP contribution in [0.15, 0.2) is 18.2 Å². The standard InChI is InChI=1S/C14H19ClN2OS/c1-2-5-16-13-4-3-11(15)10-12(13)14(18)17-6-8-19-9-7-17/h3-4,10,16H,2,5-9H2,1H3. The van der Waals surface area contributed by atoms with Gasteiger partial charge in [-0.1, -0.05) is 18.5 Å². The van der Waals surface area contributed by atoms with Gasteiger partial charge in [-0.3, -0.25) is 4.79 Å². The molecule has 3 nitrogen and oxygen atoms in total. The lowest BCUT2D eigenvalue weighted by Gasteiger charge is -2.27. The van der Waals surface area contributed by atoms with E-state index in [0.717, 1.165) is 43.2 Å². The summed E-state index contributed by atoms with van der Waals surface area (Å²) in [4.78, 5) is 14.5. The fourth-order valence-corrected chi connectivity index (χ4v) is 3.12. The SMILES string of the molecule is CCCNc1ccc(Cl)cc1C(=O)N1CCSCC1. The van der Waals surface area contributed by atoms with Crippen molar-refractivity contribution in [1.29, 1.82) is 0 Å². The summed E-state index contributed by atoms with van der Waals surface area (Å²) in [5.74, 6) is 2.12. The predicted octanol–water partition coefficient (Wildman–Crippen LogP) is 3.35. The van der Waals surface area contributed by atoms with Crippen molar-refractivity contribution in [2.45, 2.75) is 13.3 Å². The molecule has 0 atom stereocenters.